The Kier molecular flexibility index (Phi) is 11.5. The van der Waals surface area contributed by atoms with Gasteiger partial charge in [-0.25, -0.2) is 0 Å². The fourth-order valence-corrected chi connectivity index (χ4v) is 8.32. The second-order valence-electron chi connectivity index (χ2n) is 16.2. The Hall–Kier alpha value is -1.28. The van der Waals surface area contributed by atoms with Crippen molar-refractivity contribution >= 4 is 6.85 Å². The summed E-state index contributed by atoms with van der Waals surface area (Å²) in [6.45, 7) is 31.2. The van der Waals surface area contributed by atoms with Gasteiger partial charge in [-0.3, -0.25) is 0 Å². The molecule has 0 aromatic heterocycles. The first-order valence-electron chi connectivity index (χ1n) is 16.8. The predicted octanol–water partition coefficient (Wildman–Crippen LogP) is 11.3. The van der Waals surface area contributed by atoms with E-state index in [2.05, 4.69) is 130 Å². The van der Waals surface area contributed by atoms with E-state index in [-0.39, 0.29) is 10.8 Å². The number of hydrogen-bond acceptors (Lipinski definition) is 1. The standard InChI is InChI=1S/C38H64BN/c1-13-14-15-16-30-17-23-34(25-30)39(40(27(2)3)28(4)5)29(6)36-26-33(38(10,11)12)22-24-35(36)31-18-20-32(21-19-31)37(7,8)9/h13,18,20-22,24,26-31,34-36H,1,14-17,19,23,25H2,2-12H3. The van der Waals surface area contributed by atoms with Crippen LogP contribution in [0.2, 0.25) is 11.6 Å². The van der Waals surface area contributed by atoms with Crippen molar-refractivity contribution in [2.24, 2.45) is 34.5 Å². The molecule has 0 amide bonds. The Morgan fingerprint density at radius 3 is 2.08 bits per heavy atom. The molecule has 0 heterocycles. The third-order valence-corrected chi connectivity index (χ3v) is 10.4. The molecule has 3 rings (SSSR count). The van der Waals surface area contributed by atoms with Gasteiger partial charge in [0.25, 0.3) is 0 Å². The zero-order chi connectivity index (χ0) is 29.8. The van der Waals surface area contributed by atoms with E-state index in [1.165, 1.54) is 49.7 Å². The molecular formula is C38H64BN. The van der Waals surface area contributed by atoms with E-state index < -0.39 is 0 Å². The maximum absolute atomic E-state index is 3.96. The molecule has 2 heteroatoms. The van der Waals surface area contributed by atoms with Gasteiger partial charge in [-0.1, -0.05) is 144 Å². The second kappa shape index (κ2) is 13.8. The molecule has 0 saturated heterocycles. The average molecular weight is 546 g/mol. The molecule has 224 valence electrons. The predicted molar refractivity (Wildman–Crippen MR) is 181 cm³/mol. The molecule has 0 radical (unpaired) electrons. The van der Waals surface area contributed by atoms with Crippen molar-refractivity contribution in [2.75, 3.05) is 0 Å². The van der Waals surface area contributed by atoms with Crippen LogP contribution in [0.5, 0.6) is 0 Å². The van der Waals surface area contributed by atoms with Crippen LogP contribution in [0.1, 0.15) is 121 Å². The molecule has 0 aliphatic heterocycles. The molecule has 0 N–H and O–H groups in total. The van der Waals surface area contributed by atoms with Crippen molar-refractivity contribution in [3.63, 3.8) is 0 Å². The highest BCUT2D eigenvalue weighted by Crippen LogP contribution is 2.50. The van der Waals surface area contributed by atoms with Crippen LogP contribution in [0, 0.1) is 34.5 Å². The number of rotatable bonds is 11. The number of hydrogen-bond donors (Lipinski definition) is 0. The molecule has 0 bridgehead atoms. The van der Waals surface area contributed by atoms with Gasteiger partial charge in [0.1, 0.15) is 0 Å². The van der Waals surface area contributed by atoms with Gasteiger partial charge >= 0.3 is 0 Å². The fourth-order valence-electron chi connectivity index (χ4n) is 8.32. The number of nitrogens with zero attached hydrogens (tertiary/aromatic N) is 1. The van der Waals surface area contributed by atoms with Crippen LogP contribution < -0.4 is 0 Å². The van der Waals surface area contributed by atoms with Gasteiger partial charge in [0.2, 0.25) is 6.85 Å². The van der Waals surface area contributed by atoms with Gasteiger partial charge in [0.15, 0.2) is 0 Å². The van der Waals surface area contributed by atoms with E-state index in [4.69, 9.17) is 0 Å². The van der Waals surface area contributed by atoms with Crippen LogP contribution in [-0.2, 0) is 0 Å². The molecule has 0 aromatic rings. The summed E-state index contributed by atoms with van der Waals surface area (Å²) in [5.41, 5.74) is 3.42. The highest BCUT2D eigenvalue weighted by Gasteiger charge is 2.46. The zero-order valence-electron chi connectivity index (χ0n) is 28.3. The minimum atomic E-state index is 0.177. The fraction of sp³-hybridized carbons (Fsp3) is 0.737. The SMILES string of the molecule is C=CCCCC1CCC(B(C(C)C2C=C(C(C)(C)C)C=CC2C2C=CC(C(C)(C)C)=CC2)N(C(C)C)C(C)C)C1. The lowest BCUT2D eigenvalue weighted by Gasteiger charge is -2.47. The monoisotopic (exact) mass is 546 g/mol. The number of allylic oxidation sites excluding steroid dienone is 9. The summed E-state index contributed by atoms with van der Waals surface area (Å²) < 4.78 is 0. The number of unbranched alkanes of at least 4 members (excludes halogenated alkanes) is 1. The third kappa shape index (κ3) is 8.17. The van der Waals surface area contributed by atoms with Crippen LogP contribution in [0.15, 0.2) is 60.3 Å². The maximum Gasteiger partial charge on any atom is 0.230 e. The lowest BCUT2D eigenvalue weighted by Crippen LogP contribution is -2.54. The lowest BCUT2D eigenvalue weighted by atomic mass is 9.37. The van der Waals surface area contributed by atoms with Crippen LogP contribution in [-0.4, -0.2) is 23.7 Å². The summed E-state index contributed by atoms with van der Waals surface area (Å²) in [6, 6.07) is 1.12. The average Bonchev–Trinajstić information content (AvgIpc) is 3.33. The smallest absolute Gasteiger partial charge is 0.230 e. The maximum atomic E-state index is 3.96. The van der Waals surface area contributed by atoms with E-state index in [0.717, 1.165) is 18.2 Å². The van der Waals surface area contributed by atoms with Crippen LogP contribution >= 0.6 is 0 Å². The Labute approximate surface area is 250 Å². The summed E-state index contributed by atoms with van der Waals surface area (Å²) in [6.07, 6.45) is 26.7. The van der Waals surface area contributed by atoms with Crippen molar-refractivity contribution in [1.29, 1.82) is 0 Å². The van der Waals surface area contributed by atoms with Gasteiger partial charge in [-0.15, -0.1) is 6.58 Å². The first-order chi connectivity index (χ1) is 18.6. The topological polar surface area (TPSA) is 3.24 Å². The Balaban J connectivity index is 1.97. The van der Waals surface area contributed by atoms with Crippen molar-refractivity contribution in [3.8, 4) is 0 Å². The van der Waals surface area contributed by atoms with E-state index in [0.29, 0.717) is 42.5 Å². The summed E-state index contributed by atoms with van der Waals surface area (Å²) in [5.74, 6) is 3.99. The van der Waals surface area contributed by atoms with Crippen molar-refractivity contribution in [3.05, 3.63) is 60.3 Å². The molecule has 40 heavy (non-hydrogen) atoms. The molecule has 0 aromatic carbocycles. The van der Waals surface area contributed by atoms with Gasteiger partial charge < -0.3 is 4.81 Å². The van der Waals surface area contributed by atoms with Crippen molar-refractivity contribution in [1.82, 2.24) is 4.81 Å². The summed E-state index contributed by atoms with van der Waals surface area (Å²) in [4.78, 5) is 2.91. The molecule has 1 nitrogen and oxygen atoms in total. The Bertz CT molecular complexity index is 941. The molecule has 6 unspecified atom stereocenters. The molecule has 1 fully saturated rings. The summed E-state index contributed by atoms with van der Waals surface area (Å²) in [5, 5.41) is 0. The highest BCUT2D eigenvalue weighted by atomic mass is 15.1. The molecule has 1 saturated carbocycles. The van der Waals surface area contributed by atoms with Crippen LogP contribution in [0.3, 0.4) is 0 Å². The van der Waals surface area contributed by atoms with E-state index in [1.807, 2.05) is 0 Å². The van der Waals surface area contributed by atoms with Crippen LogP contribution in [0.25, 0.3) is 0 Å². The van der Waals surface area contributed by atoms with Crippen molar-refractivity contribution < 1.29 is 0 Å². The zero-order valence-corrected chi connectivity index (χ0v) is 28.3. The first kappa shape index (κ1) is 33.2. The van der Waals surface area contributed by atoms with E-state index in [1.54, 1.807) is 0 Å². The molecule has 6 atom stereocenters. The van der Waals surface area contributed by atoms with Crippen LogP contribution in [0.4, 0.5) is 0 Å². The minimum absolute atomic E-state index is 0.177. The lowest BCUT2D eigenvalue weighted by molar-refractivity contribution is 0.274. The van der Waals surface area contributed by atoms with Crippen molar-refractivity contribution in [2.45, 2.75) is 145 Å². The molecule has 3 aliphatic carbocycles. The van der Waals surface area contributed by atoms with Gasteiger partial charge in [-0.05, 0) is 88.6 Å². The van der Waals surface area contributed by atoms with E-state index in [9.17, 15) is 0 Å². The molecule has 3 aliphatic rings. The third-order valence-electron chi connectivity index (χ3n) is 10.4. The molecular weight excluding hydrogens is 481 g/mol. The minimum Gasteiger partial charge on any atom is -0.337 e. The first-order valence-corrected chi connectivity index (χ1v) is 16.8. The largest absolute Gasteiger partial charge is 0.337 e. The molecule has 0 spiro atoms. The summed E-state index contributed by atoms with van der Waals surface area (Å²) >= 11 is 0. The van der Waals surface area contributed by atoms with Gasteiger partial charge in [0.05, 0.1) is 0 Å². The highest BCUT2D eigenvalue weighted by molar-refractivity contribution is 6.59. The van der Waals surface area contributed by atoms with Gasteiger partial charge in [0, 0.05) is 0 Å². The normalized spacial score (nSPS) is 28.3. The second-order valence-corrected chi connectivity index (χ2v) is 16.2. The van der Waals surface area contributed by atoms with Gasteiger partial charge in [-0.2, -0.15) is 0 Å². The van der Waals surface area contributed by atoms with E-state index >= 15 is 0 Å². The summed E-state index contributed by atoms with van der Waals surface area (Å²) in [7, 11) is 0. The quantitative estimate of drug-likeness (QED) is 0.142. The Morgan fingerprint density at radius 2 is 1.55 bits per heavy atom. The Morgan fingerprint density at radius 1 is 0.925 bits per heavy atom.